The molecule has 0 unspecified atom stereocenters. The maximum atomic E-state index is 12.9. The van der Waals surface area contributed by atoms with Gasteiger partial charge in [0.05, 0.1) is 18.4 Å². The zero-order chi connectivity index (χ0) is 20.4. The number of methoxy groups -OCH3 is 1. The van der Waals surface area contributed by atoms with Gasteiger partial charge in [-0.15, -0.1) is 10.2 Å². The van der Waals surface area contributed by atoms with Crippen LogP contribution in [0.3, 0.4) is 0 Å². The fraction of sp³-hybridized carbons (Fsp3) is 0.300. The number of nitrogens with zero attached hydrogens (tertiary/aromatic N) is 6. The summed E-state index contributed by atoms with van der Waals surface area (Å²) in [6.45, 7) is 4.43. The summed E-state index contributed by atoms with van der Waals surface area (Å²) in [6.07, 6.45) is 1.85. The summed E-state index contributed by atoms with van der Waals surface area (Å²) in [7, 11) is 1.55. The Morgan fingerprint density at radius 2 is 1.76 bits per heavy atom. The molecule has 0 bridgehead atoms. The summed E-state index contributed by atoms with van der Waals surface area (Å²) in [5.74, 6) is 1.89. The van der Waals surface area contributed by atoms with E-state index in [1.807, 2.05) is 31.3 Å². The predicted octanol–water partition coefficient (Wildman–Crippen LogP) is 2.60. The largest absolute Gasteiger partial charge is 0.496 e. The van der Waals surface area contributed by atoms with Crippen molar-refractivity contribution in [2.75, 3.05) is 38.2 Å². The molecule has 0 atom stereocenters. The van der Waals surface area contributed by atoms with E-state index in [2.05, 4.69) is 20.2 Å². The van der Waals surface area contributed by atoms with Crippen molar-refractivity contribution in [1.82, 2.24) is 24.9 Å². The Bertz CT molecular complexity index is 1010. The molecular formula is C20H21ClN6O2. The summed E-state index contributed by atoms with van der Waals surface area (Å²) in [6, 6.07) is 10.8. The lowest BCUT2D eigenvalue weighted by molar-refractivity contribution is 0.0743. The smallest absolute Gasteiger partial charge is 0.257 e. The van der Waals surface area contributed by atoms with Crippen molar-refractivity contribution < 1.29 is 9.53 Å². The summed E-state index contributed by atoms with van der Waals surface area (Å²) in [5, 5.41) is 13.4. The van der Waals surface area contributed by atoms with Gasteiger partial charge in [-0.3, -0.25) is 4.79 Å². The van der Waals surface area contributed by atoms with Gasteiger partial charge in [0.1, 0.15) is 5.75 Å². The Morgan fingerprint density at radius 1 is 1.03 bits per heavy atom. The van der Waals surface area contributed by atoms with Gasteiger partial charge in [0, 0.05) is 37.4 Å². The number of carbonyl (C=O) groups is 1. The number of aryl methyl sites for hydroxylation is 1. The van der Waals surface area contributed by atoms with E-state index in [9.17, 15) is 4.79 Å². The van der Waals surface area contributed by atoms with Gasteiger partial charge in [0.2, 0.25) is 0 Å². The van der Waals surface area contributed by atoms with Crippen molar-refractivity contribution in [3.63, 3.8) is 0 Å². The molecule has 150 valence electrons. The van der Waals surface area contributed by atoms with Crippen LogP contribution in [0, 0.1) is 6.92 Å². The molecule has 1 aliphatic heterocycles. The molecule has 1 aliphatic rings. The van der Waals surface area contributed by atoms with Crippen LogP contribution in [0.15, 0.2) is 42.6 Å². The second-order valence-electron chi connectivity index (χ2n) is 6.78. The van der Waals surface area contributed by atoms with E-state index in [-0.39, 0.29) is 5.91 Å². The first-order valence-corrected chi connectivity index (χ1v) is 9.67. The molecule has 0 N–H and O–H groups in total. The monoisotopic (exact) mass is 412 g/mol. The van der Waals surface area contributed by atoms with Gasteiger partial charge in [-0.2, -0.15) is 5.10 Å². The zero-order valence-corrected chi connectivity index (χ0v) is 17.0. The van der Waals surface area contributed by atoms with Gasteiger partial charge < -0.3 is 14.5 Å². The number of hydrogen-bond acceptors (Lipinski definition) is 6. The molecule has 3 heterocycles. The molecule has 0 spiro atoms. The lowest BCUT2D eigenvalue weighted by Crippen LogP contribution is -2.49. The highest BCUT2D eigenvalue weighted by molar-refractivity contribution is 6.31. The molecule has 9 heteroatoms. The number of carbonyl (C=O) groups excluding carboxylic acids is 1. The number of rotatable bonds is 4. The number of piperazine rings is 1. The Labute approximate surface area is 173 Å². The van der Waals surface area contributed by atoms with E-state index < -0.39 is 0 Å². The summed E-state index contributed by atoms with van der Waals surface area (Å²) in [4.78, 5) is 16.8. The van der Waals surface area contributed by atoms with Crippen molar-refractivity contribution in [2.45, 2.75) is 6.92 Å². The highest BCUT2D eigenvalue weighted by atomic mass is 35.5. The minimum atomic E-state index is -0.0838. The highest BCUT2D eigenvalue weighted by Gasteiger charge is 2.25. The number of halogens is 1. The summed E-state index contributed by atoms with van der Waals surface area (Å²) in [5.41, 5.74) is 1.40. The molecule has 3 aromatic rings. The minimum absolute atomic E-state index is 0.0838. The van der Waals surface area contributed by atoms with Crippen molar-refractivity contribution in [3.8, 4) is 11.6 Å². The molecule has 1 saturated heterocycles. The molecule has 29 heavy (non-hydrogen) atoms. The highest BCUT2D eigenvalue weighted by Crippen LogP contribution is 2.25. The van der Waals surface area contributed by atoms with E-state index in [0.717, 1.165) is 11.5 Å². The minimum Gasteiger partial charge on any atom is -0.496 e. The first-order chi connectivity index (χ1) is 14.0. The number of amides is 1. The maximum absolute atomic E-state index is 12.9. The van der Waals surface area contributed by atoms with Crippen molar-refractivity contribution in [3.05, 3.63) is 58.9 Å². The third kappa shape index (κ3) is 4.02. The van der Waals surface area contributed by atoms with Crippen molar-refractivity contribution >= 4 is 23.3 Å². The van der Waals surface area contributed by atoms with E-state index in [1.54, 1.807) is 34.9 Å². The predicted molar refractivity (Wildman–Crippen MR) is 110 cm³/mol. The van der Waals surface area contributed by atoms with E-state index >= 15 is 0 Å². The number of aromatic nitrogens is 4. The number of ether oxygens (including phenoxy) is 1. The summed E-state index contributed by atoms with van der Waals surface area (Å²) >= 11 is 6.06. The second-order valence-corrected chi connectivity index (χ2v) is 7.21. The lowest BCUT2D eigenvalue weighted by Gasteiger charge is -2.35. The fourth-order valence-corrected chi connectivity index (χ4v) is 3.48. The fourth-order valence-electron chi connectivity index (χ4n) is 3.31. The molecule has 0 radical (unpaired) electrons. The van der Waals surface area contributed by atoms with Gasteiger partial charge in [0.15, 0.2) is 11.6 Å². The van der Waals surface area contributed by atoms with Crippen LogP contribution in [0.1, 0.15) is 16.1 Å². The van der Waals surface area contributed by atoms with E-state index in [1.165, 1.54) is 0 Å². The van der Waals surface area contributed by atoms with Crippen LogP contribution in [-0.4, -0.2) is 64.1 Å². The second kappa shape index (κ2) is 8.08. The number of hydrogen-bond donors (Lipinski definition) is 0. The van der Waals surface area contributed by atoms with E-state index in [0.29, 0.717) is 48.3 Å². The Balaban J connectivity index is 1.42. The van der Waals surface area contributed by atoms with Crippen molar-refractivity contribution in [2.24, 2.45) is 0 Å². The normalized spacial score (nSPS) is 14.2. The molecule has 1 amide bonds. The van der Waals surface area contributed by atoms with E-state index in [4.69, 9.17) is 16.3 Å². The molecule has 8 nitrogen and oxygen atoms in total. The van der Waals surface area contributed by atoms with Crippen LogP contribution in [-0.2, 0) is 0 Å². The van der Waals surface area contributed by atoms with Gasteiger partial charge in [-0.05, 0) is 43.3 Å². The zero-order valence-electron chi connectivity index (χ0n) is 16.2. The number of benzene rings is 1. The Kier molecular flexibility index (Phi) is 5.35. The third-order valence-corrected chi connectivity index (χ3v) is 5.11. The standard InChI is InChI=1S/C20H21ClN6O2/c1-14-7-8-27(24-14)19-6-5-18(22-23-19)25-9-11-26(12-10-25)20(28)16-13-15(21)3-4-17(16)29-2/h3-8,13H,9-12H2,1-2H3. The molecular weight excluding hydrogens is 392 g/mol. The van der Waals surface area contributed by atoms with Gasteiger partial charge >= 0.3 is 0 Å². The summed E-state index contributed by atoms with van der Waals surface area (Å²) < 4.78 is 7.01. The average molecular weight is 413 g/mol. The Morgan fingerprint density at radius 3 is 2.38 bits per heavy atom. The van der Waals surface area contributed by atoms with Gasteiger partial charge in [-0.25, -0.2) is 4.68 Å². The molecule has 1 aromatic carbocycles. The average Bonchev–Trinajstić information content (AvgIpc) is 3.20. The quantitative estimate of drug-likeness (QED) is 0.655. The Hall–Kier alpha value is -3.13. The van der Waals surface area contributed by atoms with Crippen LogP contribution in [0.2, 0.25) is 5.02 Å². The lowest BCUT2D eigenvalue weighted by atomic mass is 10.1. The molecule has 0 aliphatic carbocycles. The molecule has 0 saturated carbocycles. The third-order valence-electron chi connectivity index (χ3n) is 4.88. The molecule has 2 aromatic heterocycles. The first-order valence-electron chi connectivity index (χ1n) is 9.29. The SMILES string of the molecule is COc1ccc(Cl)cc1C(=O)N1CCN(c2ccc(-n3ccc(C)n3)nn2)CC1. The molecule has 4 rings (SSSR count). The maximum Gasteiger partial charge on any atom is 0.257 e. The topological polar surface area (TPSA) is 76.4 Å². The number of anilines is 1. The van der Waals surface area contributed by atoms with Gasteiger partial charge in [0.25, 0.3) is 5.91 Å². The van der Waals surface area contributed by atoms with Crippen LogP contribution >= 0.6 is 11.6 Å². The van der Waals surface area contributed by atoms with Crippen LogP contribution < -0.4 is 9.64 Å². The van der Waals surface area contributed by atoms with Crippen LogP contribution in [0.25, 0.3) is 5.82 Å². The van der Waals surface area contributed by atoms with Crippen LogP contribution in [0.5, 0.6) is 5.75 Å². The molecule has 1 fully saturated rings. The first kappa shape index (κ1) is 19.2. The van der Waals surface area contributed by atoms with Crippen molar-refractivity contribution in [1.29, 1.82) is 0 Å². The van der Waals surface area contributed by atoms with Crippen LogP contribution in [0.4, 0.5) is 5.82 Å². The van der Waals surface area contributed by atoms with Gasteiger partial charge in [-0.1, -0.05) is 11.6 Å².